The minimum absolute atomic E-state index is 0.0344. The zero-order valence-corrected chi connectivity index (χ0v) is 16.6. The molecule has 2 amide bonds. The topological polar surface area (TPSA) is 49.9 Å². The van der Waals surface area contributed by atoms with E-state index in [1.807, 2.05) is 40.1 Å². The van der Waals surface area contributed by atoms with Gasteiger partial charge in [0.1, 0.15) is 0 Å². The van der Waals surface area contributed by atoms with Crippen molar-refractivity contribution < 1.29 is 14.3 Å². The van der Waals surface area contributed by atoms with Crippen molar-refractivity contribution in [2.24, 2.45) is 11.8 Å². The lowest BCUT2D eigenvalue weighted by molar-refractivity contribution is -0.143. The minimum Gasteiger partial charge on any atom is -0.373 e. The summed E-state index contributed by atoms with van der Waals surface area (Å²) in [6.07, 6.45) is 4.26. The van der Waals surface area contributed by atoms with Gasteiger partial charge in [-0.15, -0.1) is 0 Å². The van der Waals surface area contributed by atoms with E-state index in [1.165, 1.54) is 0 Å². The number of hydrogen-bond donors (Lipinski definition) is 0. The highest BCUT2D eigenvalue weighted by molar-refractivity contribution is 5.94. The molecule has 1 aliphatic heterocycles. The summed E-state index contributed by atoms with van der Waals surface area (Å²) >= 11 is 0. The maximum absolute atomic E-state index is 13.0. The number of carbonyl (C=O) groups excluding carboxylic acids is 2. The van der Waals surface area contributed by atoms with Gasteiger partial charge in [0, 0.05) is 37.7 Å². The van der Waals surface area contributed by atoms with E-state index >= 15 is 0 Å². The zero-order valence-electron chi connectivity index (χ0n) is 16.6. The Morgan fingerprint density at radius 2 is 1.89 bits per heavy atom. The highest BCUT2D eigenvalue weighted by Crippen LogP contribution is 2.27. The number of rotatable bonds is 6. The SMILES string of the molecule is CC(C)CN(CC1CN(C(=O)C2CCCC2)CCO1)C(=O)c1ccccc1. The fraction of sp³-hybridized carbons (Fsp3) is 0.636. The first-order valence-electron chi connectivity index (χ1n) is 10.3. The first-order valence-corrected chi connectivity index (χ1v) is 10.3. The molecule has 1 aromatic carbocycles. The van der Waals surface area contributed by atoms with Crippen LogP contribution in [0.25, 0.3) is 0 Å². The van der Waals surface area contributed by atoms with Gasteiger partial charge in [-0.3, -0.25) is 9.59 Å². The first-order chi connectivity index (χ1) is 13.0. The summed E-state index contributed by atoms with van der Waals surface area (Å²) in [7, 11) is 0. The van der Waals surface area contributed by atoms with Gasteiger partial charge in [-0.1, -0.05) is 44.9 Å². The van der Waals surface area contributed by atoms with Gasteiger partial charge in [-0.2, -0.15) is 0 Å². The van der Waals surface area contributed by atoms with Crippen molar-refractivity contribution >= 4 is 11.8 Å². The third kappa shape index (κ3) is 5.32. The van der Waals surface area contributed by atoms with Gasteiger partial charge >= 0.3 is 0 Å². The highest BCUT2D eigenvalue weighted by Gasteiger charge is 2.32. The van der Waals surface area contributed by atoms with Crippen molar-refractivity contribution in [2.45, 2.75) is 45.6 Å². The van der Waals surface area contributed by atoms with E-state index in [1.54, 1.807) is 0 Å². The predicted octanol–water partition coefficient (Wildman–Crippen LogP) is 3.20. The Hall–Kier alpha value is -1.88. The summed E-state index contributed by atoms with van der Waals surface area (Å²) in [6.45, 7) is 7.25. The van der Waals surface area contributed by atoms with Gasteiger partial charge in [0.15, 0.2) is 0 Å². The fourth-order valence-electron chi connectivity index (χ4n) is 4.15. The summed E-state index contributed by atoms with van der Waals surface area (Å²) in [5, 5.41) is 0. The molecular formula is C22H32N2O3. The average molecular weight is 373 g/mol. The van der Waals surface area contributed by atoms with Gasteiger partial charge in [-0.25, -0.2) is 0 Å². The molecule has 0 spiro atoms. The van der Waals surface area contributed by atoms with Crippen LogP contribution in [0.2, 0.25) is 0 Å². The Balaban J connectivity index is 1.64. The van der Waals surface area contributed by atoms with E-state index in [0.717, 1.165) is 25.7 Å². The molecule has 0 bridgehead atoms. The van der Waals surface area contributed by atoms with Gasteiger partial charge in [0.05, 0.1) is 12.7 Å². The lowest BCUT2D eigenvalue weighted by atomic mass is 10.1. The van der Waals surface area contributed by atoms with Crippen molar-refractivity contribution in [3.8, 4) is 0 Å². The van der Waals surface area contributed by atoms with Gasteiger partial charge in [-0.05, 0) is 30.9 Å². The number of benzene rings is 1. The smallest absolute Gasteiger partial charge is 0.253 e. The molecule has 1 heterocycles. The normalized spacial score (nSPS) is 20.9. The van der Waals surface area contributed by atoms with E-state index in [0.29, 0.717) is 44.3 Å². The summed E-state index contributed by atoms with van der Waals surface area (Å²) in [5.41, 5.74) is 0.702. The predicted molar refractivity (Wildman–Crippen MR) is 105 cm³/mol. The molecule has 148 valence electrons. The fourth-order valence-corrected chi connectivity index (χ4v) is 4.15. The molecule has 5 heteroatoms. The maximum atomic E-state index is 13.0. The van der Waals surface area contributed by atoms with E-state index in [4.69, 9.17) is 4.74 Å². The molecule has 0 aromatic heterocycles. The van der Waals surface area contributed by atoms with E-state index in [2.05, 4.69) is 13.8 Å². The average Bonchev–Trinajstić information content (AvgIpc) is 3.21. The lowest BCUT2D eigenvalue weighted by Gasteiger charge is -2.37. The standard InChI is InChI=1S/C22H32N2O3/c1-17(2)14-24(22(26)19-8-4-3-5-9-19)16-20-15-23(12-13-27-20)21(25)18-10-6-7-11-18/h3-5,8-9,17-18,20H,6-7,10-16H2,1-2H3. The molecule has 5 nitrogen and oxygen atoms in total. The number of carbonyl (C=O) groups is 2. The molecule has 1 unspecified atom stereocenters. The van der Waals surface area contributed by atoms with Gasteiger partial charge < -0.3 is 14.5 Å². The number of ether oxygens (including phenoxy) is 1. The first kappa shape index (κ1) is 19.9. The molecule has 1 aromatic rings. The molecule has 27 heavy (non-hydrogen) atoms. The minimum atomic E-state index is -0.115. The van der Waals surface area contributed by atoms with Crippen molar-refractivity contribution in [3.05, 3.63) is 35.9 Å². The van der Waals surface area contributed by atoms with Crippen LogP contribution in [0, 0.1) is 11.8 Å². The van der Waals surface area contributed by atoms with Crippen LogP contribution in [0.5, 0.6) is 0 Å². The molecule has 1 atom stereocenters. The molecule has 0 N–H and O–H groups in total. The van der Waals surface area contributed by atoms with Crippen LogP contribution in [-0.4, -0.2) is 60.5 Å². The third-order valence-electron chi connectivity index (χ3n) is 5.47. The van der Waals surface area contributed by atoms with Crippen molar-refractivity contribution in [1.29, 1.82) is 0 Å². The van der Waals surface area contributed by atoms with Crippen molar-refractivity contribution in [2.75, 3.05) is 32.8 Å². The summed E-state index contributed by atoms with van der Waals surface area (Å²) in [4.78, 5) is 29.6. The van der Waals surface area contributed by atoms with Crippen LogP contribution in [0.15, 0.2) is 30.3 Å². The number of nitrogens with zero attached hydrogens (tertiary/aromatic N) is 2. The molecule has 3 rings (SSSR count). The lowest BCUT2D eigenvalue weighted by Crippen LogP contribution is -2.52. The zero-order chi connectivity index (χ0) is 19.2. The summed E-state index contributed by atoms with van der Waals surface area (Å²) in [5.74, 6) is 0.886. The monoisotopic (exact) mass is 372 g/mol. The quantitative estimate of drug-likeness (QED) is 0.770. The van der Waals surface area contributed by atoms with E-state index in [9.17, 15) is 9.59 Å². The molecule has 0 radical (unpaired) electrons. The molecule has 1 aliphatic carbocycles. The molecular weight excluding hydrogens is 340 g/mol. The summed E-state index contributed by atoms with van der Waals surface area (Å²) in [6, 6.07) is 9.40. The second-order valence-corrected chi connectivity index (χ2v) is 8.23. The van der Waals surface area contributed by atoms with Crippen LogP contribution in [0.1, 0.15) is 49.9 Å². The number of hydrogen-bond acceptors (Lipinski definition) is 3. The Labute approximate surface area is 162 Å². The maximum Gasteiger partial charge on any atom is 0.253 e. The second-order valence-electron chi connectivity index (χ2n) is 8.23. The molecule has 1 saturated heterocycles. The van der Waals surface area contributed by atoms with Crippen LogP contribution in [-0.2, 0) is 9.53 Å². The largest absolute Gasteiger partial charge is 0.373 e. The van der Waals surface area contributed by atoms with Gasteiger partial charge in [0.2, 0.25) is 5.91 Å². The van der Waals surface area contributed by atoms with Crippen molar-refractivity contribution in [1.82, 2.24) is 9.80 Å². The number of amides is 2. The second kappa shape index (κ2) is 9.36. The van der Waals surface area contributed by atoms with Crippen LogP contribution in [0.4, 0.5) is 0 Å². The van der Waals surface area contributed by atoms with Crippen LogP contribution < -0.4 is 0 Å². The van der Waals surface area contributed by atoms with E-state index in [-0.39, 0.29) is 23.8 Å². The third-order valence-corrected chi connectivity index (χ3v) is 5.47. The highest BCUT2D eigenvalue weighted by atomic mass is 16.5. The van der Waals surface area contributed by atoms with Gasteiger partial charge in [0.25, 0.3) is 5.91 Å². The van der Waals surface area contributed by atoms with Crippen molar-refractivity contribution in [3.63, 3.8) is 0 Å². The molecule has 2 fully saturated rings. The Bertz CT molecular complexity index is 626. The number of morpholine rings is 1. The molecule has 1 saturated carbocycles. The Morgan fingerprint density at radius 3 is 2.56 bits per heavy atom. The van der Waals surface area contributed by atoms with E-state index < -0.39 is 0 Å². The van der Waals surface area contributed by atoms with Crippen LogP contribution >= 0.6 is 0 Å². The molecule has 2 aliphatic rings. The van der Waals surface area contributed by atoms with Crippen LogP contribution in [0.3, 0.4) is 0 Å². The Kier molecular flexibility index (Phi) is 6.89. The summed E-state index contributed by atoms with van der Waals surface area (Å²) < 4.78 is 5.93. The Morgan fingerprint density at radius 1 is 1.19 bits per heavy atom.